The van der Waals surface area contributed by atoms with Crippen LogP contribution in [0.25, 0.3) is 0 Å². The summed E-state index contributed by atoms with van der Waals surface area (Å²) in [6.45, 7) is 5.61. The van der Waals surface area contributed by atoms with Crippen molar-refractivity contribution in [3.8, 4) is 5.75 Å². The van der Waals surface area contributed by atoms with Crippen LogP contribution < -0.4 is 4.74 Å². The molecule has 0 saturated heterocycles. The molecule has 0 unspecified atom stereocenters. The second kappa shape index (κ2) is 12.2. The molecular weight excluding hydrogens is 454 g/mol. The summed E-state index contributed by atoms with van der Waals surface area (Å²) < 4.78 is 10.6. The van der Waals surface area contributed by atoms with Crippen LogP contribution in [-0.2, 0) is 9.53 Å². The molecule has 3 rings (SSSR count). The van der Waals surface area contributed by atoms with E-state index in [9.17, 15) is 19.2 Å². The summed E-state index contributed by atoms with van der Waals surface area (Å²) in [4.78, 5) is 50.0. The van der Waals surface area contributed by atoms with E-state index in [2.05, 4.69) is 13.5 Å². The number of esters is 1. The zero-order chi connectivity index (χ0) is 24.5. The molecule has 2 amide bonds. The number of carbonyl (C=O) groups excluding carboxylic acids is 4. The molecular formula is C26H27NO6S. The van der Waals surface area contributed by atoms with E-state index in [0.29, 0.717) is 22.6 Å². The van der Waals surface area contributed by atoms with Gasteiger partial charge in [-0.3, -0.25) is 24.1 Å². The molecule has 0 atom stereocenters. The van der Waals surface area contributed by atoms with Crippen molar-refractivity contribution in [2.45, 2.75) is 19.8 Å². The second-order valence-corrected chi connectivity index (χ2v) is 8.78. The average molecular weight is 482 g/mol. The van der Waals surface area contributed by atoms with Gasteiger partial charge >= 0.3 is 5.97 Å². The van der Waals surface area contributed by atoms with Crippen LogP contribution in [0.4, 0.5) is 0 Å². The smallest absolute Gasteiger partial charge is 0.326 e. The molecule has 2 aromatic carbocycles. The highest BCUT2D eigenvalue weighted by Gasteiger charge is 2.36. The number of imide groups is 1. The van der Waals surface area contributed by atoms with Crippen LogP contribution in [0.1, 0.15) is 50.8 Å². The number of ketones is 1. The first-order valence-electron chi connectivity index (χ1n) is 11.1. The summed E-state index contributed by atoms with van der Waals surface area (Å²) in [5, 5.41) is 0. The molecule has 0 fully saturated rings. The molecule has 1 heterocycles. The first kappa shape index (κ1) is 25.2. The molecule has 2 aromatic rings. The Morgan fingerprint density at radius 2 is 1.62 bits per heavy atom. The zero-order valence-corrected chi connectivity index (χ0v) is 19.9. The number of unbranched alkanes of at least 4 members (excludes halogenated alkanes) is 1. The van der Waals surface area contributed by atoms with Gasteiger partial charge in [0.05, 0.1) is 11.1 Å². The van der Waals surface area contributed by atoms with Crippen LogP contribution in [0.2, 0.25) is 0 Å². The van der Waals surface area contributed by atoms with Crippen molar-refractivity contribution in [1.82, 2.24) is 4.90 Å². The van der Waals surface area contributed by atoms with E-state index in [4.69, 9.17) is 9.47 Å². The molecule has 0 N–H and O–H groups in total. The number of ether oxygens (including phenoxy) is 2. The maximum atomic E-state index is 12.5. The Morgan fingerprint density at radius 1 is 0.971 bits per heavy atom. The van der Waals surface area contributed by atoms with Gasteiger partial charge in [-0.2, -0.15) is 11.8 Å². The highest BCUT2D eigenvalue weighted by molar-refractivity contribution is 7.99. The van der Waals surface area contributed by atoms with Crippen LogP contribution in [0, 0.1) is 0 Å². The third-order valence-electron chi connectivity index (χ3n) is 5.14. The van der Waals surface area contributed by atoms with Gasteiger partial charge in [-0.05, 0) is 48.6 Å². The van der Waals surface area contributed by atoms with Crippen molar-refractivity contribution < 1.29 is 28.7 Å². The monoisotopic (exact) mass is 481 g/mol. The maximum Gasteiger partial charge on any atom is 0.326 e. The van der Waals surface area contributed by atoms with Crippen LogP contribution in [0.15, 0.2) is 60.7 Å². The Labute approximate surface area is 203 Å². The molecule has 0 spiro atoms. The number of rotatable bonds is 13. The molecule has 178 valence electrons. The van der Waals surface area contributed by atoms with Gasteiger partial charge in [-0.25, -0.2) is 0 Å². The lowest BCUT2D eigenvalue weighted by molar-refractivity contribution is -0.144. The second-order valence-electron chi connectivity index (χ2n) is 7.67. The maximum absolute atomic E-state index is 12.5. The number of benzene rings is 2. The summed E-state index contributed by atoms with van der Waals surface area (Å²) in [5.41, 5.74) is 1.68. The summed E-state index contributed by atoms with van der Waals surface area (Å²) in [6.07, 6.45) is 2.25. The topological polar surface area (TPSA) is 90.0 Å². The number of nitrogens with zero attached hydrogens (tertiary/aromatic N) is 1. The largest absolute Gasteiger partial charge is 0.490 e. The van der Waals surface area contributed by atoms with Gasteiger partial charge in [0.2, 0.25) is 0 Å². The Balaban J connectivity index is 1.38. The summed E-state index contributed by atoms with van der Waals surface area (Å²) in [5.74, 6) is 0.348. The molecule has 1 aliphatic rings. The van der Waals surface area contributed by atoms with Crippen LogP contribution in [0.5, 0.6) is 5.75 Å². The molecule has 0 aliphatic carbocycles. The first-order chi connectivity index (χ1) is 16.4. The van der Waals surface area contributed by atoms with E-state index in [1.54, 1.807) is 60.3 Å². The predicted octanol–water partition coefficient (Wildman–Crippen LogP) is 4.18. The van der Waals surface area contributed by atoms with Crippen molar-refractivity contribution in [1.29, 1.82) is 0 Å². The lowest BCUT2D eigenvalue weighted by Crippen LogP contribution is -2.36. The van der Waals surface area contributed by atoms with Gasteiger partial charge < -0.3 is 9.47 Å². The molecule has 0 aromatic heterocycles. The van der Waals surface area contributed by atoms with Crippen LogP contribution >= 0.6 is 11.8 Å². The van der Waals surface area contributed by atoms with E-state index >= 15 is 0 Å². The number of fused-ring (bicyclic) bond motifs is 1. The Kier molecular flexibility index (Phi) is 9.04. The summed E-state index contributed by atoms with van der Waals surface area (Å²) in [6, 6.07) is 13.1. The standard InChI is InChI=1S/C26H27NO6S/c1-3-4-15-34-17-18(2)24(29)19-9-11-20(12-10-19)32-13-14-33-23(28)16-27-25(30)21-7-5-6-8-22(21)26(27)31/h5-12H,2-4,13-17H2,1H3. The van der Waals surface area contributed by atoms with Crippen molar-refractivity contribution in [3.05, 3.63) is 77.4 Å². The fourth-order valence-electron chi connectivity index (χ4n) is 3.29. The normalized spacial score (nSPS) is 12.4. The fraction of sp³-hybridized carbons (Fsp3) is 0.308. The number of hydrogen-bond donors (Lipinski definition) is 0. The molecule has 7 nitrogen and oxygen atoms in total. The van der Waals surface area contributed by atoms with Gasteiger partial charge in [0.25, 0.3) is 11.8 Å². The Morgan fingerprint density at radius 3 is 2.24 bits per heavy atom. The third-order valence-corrected chi connectivity index (χ3v) is 6.27. The molecule has 34 heavy (non-hydrogen) atoms. The minimum Gasteiger partial charge on any atom is -0.490 e. The van der Waals surface area contributed by atoms with Crippen molar-refractivity contribution >= 4 is 35.3 Å². The van der Waals surface area contributed by atoms with Crippen molar-refractivity contribution in [2.75, 3.05) is 31.3 Å². The van der Waals surface area contributed by atoms with Crippen molar-refractivity contribution in [2.24, 2.45) is 0 Å². The van der Waals surface area contributed by atoms with Crippen LogP contribution in [-0.4, -0.2) is 59.7 Å². The predicted molar refractivity (Wildman–Crippen MR) is 130 cm³/mol. The van der Waals surface area contributed by atoms with E-state index in [0.717, 1.165) is 23.5 Å². The molecule has 0 radical (unpaired) electrons. The summed E-state index contributed by atoms with van der Waals surface area (Å²) in [7, 11) is 0. The number of Topliss-reactive ketones (excluding diaryl/α,β-unsaturated/α-hetero) is 1. The number of hydrogen-bond acceptors (Lipinski definition) is 7. The molecule has 1 aliphatic heterocycles. The van der Waals surface area contributed by atoms with Gasteiger partial charge in [-0.15, -0.1) is 0 Å². The van der Waals surface area contributed by atoms with E-state index in [1.165, 1.54) is 0 Å². The molecule has 0 saturated carbocycles. The lowest BCUT2D eigenvalue weighted by Gasteiger charge is -2.13. The molecule has 0 bridgehead atoms. The van der Waals surface area contributed by atoms with Gasteiger partial charge in [0.1, 0.15) is 25.5 Å². The van der Waals surface area contributed by atoms with Gasteiger partial charge in [0.15, 0.2) is 5.78 Å². The van der Waals surface area contributed by atoms with Gasteiger partial charge in [0, 0.05) is 16.9 Å². The quantitative estimate of drug-likeness (QED) is 0.139. The fourth-order valence-corrected chi connectivity index (χ4v) is 4.30. The van der Waals surface area contributed by atoms with Crippen LogP contribution in [0.3, 0.4) is 0 Å². The van der Waals surface area contributed by atoms with E-state index in [-0.39, 0.29) is 30.1 Å². The number of carbonyl (C=O) groups is 4. The summed E-state index contributed by atoms with van der Waals surface area (Å²) >= 11 is 1.71. The molecule has 8 heteroatoms. The third kappa shape index (κ3) is 6.35. The minimum atomic E-state index is -0.700. The Hall–Kier alpha value is -3.39. The van der Waals surface area contributed by atoms with E-state index in [1.807, 2.05) is 0 Å². The van der Waals surface area contributed by atoms with Gasteiger partial charge in [-0.1, -0.05) is 32.1 Å². The average Bonchev–Trinajstić information content (AvgIpc) is 3.09. The Bertz CT molecular complexity index is 1040. The number of amides is 2. The van der Waals surface area contributed by atoms with Crippen molar-refractivity contribution in [3.63, 3.8) is 0 Å². The SMILES string of the molecule is C=C(CSCCCC)C(=O)c1ccc(OCCOC(=O)CN2C(=O)c3ccccc3C2=O)cc1. The zero-order valence-electron chi connectivity index (χ0n) is 19.1. The highest BCUT2D eigenvalue weighted by Crippen LogP contribution is 2.22. The highest BCUT2D eigenvalue weighted by atomic mass is 32.2. The minimum absolute atomic E-state index is 0.0471. The van der Waals surface area contributed by atoms with E-state index < -0.39 is 24.3 Å². The number of thioether (sulfide) groups is 1. The lowest BCUT2D eigenvalue weighted by atomic mass is 10.1. The first-order valence-corrected chi connectivity index (χ1v) is 12.2.